The number of ether oxygens (including phenoxy) is 1. The molecule has 2 aromatic carbocycles. The molecule has 9 heteroatoms. The minimum Gasteiger partial charge on any atom is -0.493 e. The molecule has 2 heterocycles. The summed E-state index contributed by atoms with van der Waals surface area (Å²) in [5.74, 6) is 1.73. The zero-order valence-corrected chi connectivity index (χ0v) is 21.5. The zero-order valence-electron chi connectivity index (χ0n) is 18.3. The molecule has 0 bridgehead atoms. The SMILES string of the molecule is CN=C(NCCc1ccc2c(c1)CCO2)NCc1ccc(S(=O)(=O)N2CCCC2)cc1.I. The van der Waals surface area contributed by atoms with Gasteiger partial charge in [-0.1, -0.05) is 24.3 Å². The summed E-state index contributed by atoms with van der Waals surface area (Å²) in [5, 5.41) is 6.62. The van der Waals surface area contributed by atoms with Gasteiger partial charge in [0.05, 0.1) is 11.5 Å². The molecule has 2 aromatic rings. The van der Waals surface area contributed by atoms with E-state index in [1.807, 2.05) is 12.1 Å². The molecule has 2 aliphatic rings. The average molecular weight is 570 g/mol. The van der Waals surface area contributed by atoms with Crippen LogP contribution in [0.4, 0.5) is 0 Å². The van der Waals surface area contributed by atoms with Gasteiger partial charge in [0.2, 0.25) is 10.0 Å². The van der Waals surface area contributed by atoms with Crippen molar-refractivity contribution in [2.45, 2.75) is 37.1 Å². The first-order valence-corrected chi connectivity index (χ1v) is 12.3. The van der Waals surface area contributed by atoms with E-state index in [1.54, 1.807) is 23.5 Å². The Morgan fingerprint density at radius 1 is 1.06 bits per heavy atom. The molecule has 0 aromatic heterocycles. The summed E-state index contributed by atoms with van der Waals surface area (Å²) in [7, 11) is -1.62. The molecule has 1 fully saturated rings. The lowest BCUT2D eigenvalue weighted by Crippen LogP contribution is -2.37. The van der Waals surface area contributed by atoms with Crippen molar-refractivity contribution in [3.8, 4) is 5.75 Å². The average Bonchev–Trinajstić information content (AvgIpc) is 3.48. The van der Waals surface area contributed by atoms with Crippen LogP contribution in [0.15, 0.2) is 52.4 Å². The summed E-state index contributed by atoms with van der Waals surface area (Å²) < 4.78 is 32.4. The maximum atomic E-state index is 12.6. The van der Waals surface area contributed by atoms with E-state index in [2.05, 4.69) is 33.8 Å². The molecule has 0 radical (unpaired) electrons. The first-order valence-electron chi connectivity index (χ1n) is 10.8. The topological polar surface area (TPSA) is 83.0 Å². The van der Waals surface area contributed by atoms with Gasteiger partial charge >= 0.3 is 0 Å². The van der Waals surface area contributed by atoms with Crippen LogP contribution in [-0.2, 0) is 29.4 Å². The van der Waals surface area contributed by atoms with Crippen LogP contribution in [0.25, 0.3) is 0 Å². The zero-order chi connectivity index (χ0) is 21.7. The van der Waals surface area contributed by atoms with Crippen molar-refractivity contribution in [2.75, 3.05) is 33.3 Å². The van der Waals surface area contributed by atoms with Crippen LogP contribution in [0.1, 0.15) is 29.5 Å². The third-order valence-corrected chi connectivity index (χ3v) is 7.68. The predicted molar refractivity (Wildman–Crippen MR) is 137 cm³/mol. The molecule has 1 saturated heterocycles. The Kier molecular flexibility index (Phi) is 8.78. The fourth-order valence-corrected chi connectivity index (χ4v) is 5.50. The van der Waals surface area contributed by atoms with Crippen LogP contribution >= 0.6 is 24.0 Å². The van der Waals surface area contributed by atoms with E-state index < -0.39 is 10.0 Å². The fourth-order valence-electron chi connectivity index (χ4n) is 3.98. The smallest absolute Gasteiger partial charge is 0.243 e. The molecule has 32 heavy (non-hydrogen) atoms. The van der Waals surface area contributed by atoms with Crippen LogP contribution in [0, 0.1) is 0 Å². The quantitative estimate of drug-likeness (QED) is 0.304. The summed E-state index contributed by atoms with van der Waals surface area (Å²) >= 11 is 0. The van der Waals surface area contributed by atoms with E-state index in [0.717, 1.165) is 56.1 Å². The molecule has 0 unspecified atom stereocenters. The van der Waals surface area contributed by atoms with Gasteiger partial charge in [0.1, 0.15) is 5.75 Å². The van der Waals surface area contributed by atoms with E-state index in [-0.39, 0.29) is 24.0 Å². The molecule has 2 N–H and O–H groups in total. The summed E-state index contributed by atoms with van der Waals surface area (Å²) in [6.07, 6.45) is 3.76. The predicted octanol–water partition coefficient (Wildman–Crippen LogP) is 2.93. The summed E-state index contributed by atoms with van der Waals surface area (Å²) in [4.78, 5) is 4.63. The lowest BCUT2D eigenvalue weighted by molar-refractivity contribution is 0.357. The number of hydrogen-bond donors (Lipinski definition) is 2. The van der Waals surface area contributed by atoms with Gasteiger partial charge in [0, 0.05) is 39.6 Å². The Morgan fingerprint density at radius 3 is 2.50 bits per heavy atom. The lowest BCUT2D eigenvalue weighted by atomic mass is 10.1. The number of benzene rings is 2. The minimum atomic E-state index is -3.36. The van der Waals surface area contributed by atoms with Gasteiger partial charge in [0.25, 0.3) is 0 Å². The Balaban J connectivity index is 0.00000289. The Hall–Kier alpha value is -1.85. The number of hydrogen-bond acceptors (Lipinski definition) is 4. The second kappa shape index (κ2) is 11.3. The molecule has 0 atom stereocenters. The van der Waals surface area contributed by atoms with Gasteiger partial charge in [0.15, 0.2) is 5.96 Å². The van der Waals surface area contributed by atoms with E-state index >= 15 is 0 Å². The highest BCUT2D eigenvalue weighted by Gasteiger charge is 2.26. The Bertz CT molecular complexity index is 1040. The van der Waals surface area contributed by atoms with Crippen LogP contribution in [0.5, 0.6) is 5.75 Å². The highest BCUT2D eigenvalue weighted by Crippen LogP contribution is 2.26. The summed E-state index contributed by atoms with van der Waals surface area (Å²) in [6, 6.07) is 13.5. The molecular weight excluding hydrogens is 539 g/mol. The number of guanidine groups is 1. The van der Waals surface area contributed by atoms with Gasteiger partial charge in [-0.05, 0) is 54.2 Å². The first-order chi connectivity index (χ1) is 15.1. The van der Waals surface area contributed by atoms with E-state index in [1.165, 1.54) is 11.1 Å². The number of nitrogens with zero attached hydrogens (tertiary/aromatic N) is 2. The highest BCUT2D eigenvalue weighted by atomic mass is 127. The molecule has 0 spiro atoms. The van der Waals surface area contributed by atoms with Crippen LogP contribution < -0.4 is 15.4 Å². The number of aliphatic imine (C=N–C) groups is 1. The second-order valence-electron chi connectivity index (χ2n) is 7.90. The van der Waals surface area contributed by atoms with Gasteiger partial charge in [-0.15, -0.1) is 24.0 Å². The first kappa shape index (κ1) is 24.8. The van der Waals surface area contributed by atoms with E-state index in [0.29, 0.717) is 24.5 Å². The maximum Gasteiger partial charge on any atom is 0.243 e. The molecule has 2 aliphatic heterocycles. The normalized spacial score (nSPS) is 16.2. The van der Waals surface area contributed by atoms with Crippen molar-refractivity contribution in [1.82, 2.24) is 14.9 Å². The summed E-state index contributed by atoms with van der Waals surface area (Å²) in [5.41, 5.74) is 3.57. The monoisotopic (exact) mass is 570 g/mol. The number of halogens is 1. The Labute approximate surface area is 207 Å². The van der Waals surface area contributed by atoms with Crippen molar-refractivity contribution < 1.29 is 13.2 Å². The van der Waals surface area contributed by atoms with Crippen LogP contribution in [0.2, 0.25) is 0 Å². The fraction of sp³-hybridized carbons (Fsp3) is 0.435. The third-order valence-electron chi connectivity index (χ3n) is 5.77. The molecule has 0 aliphatic carbocycles. The summed E-state index contributed by atoms with van der Waals surface area (Å²) in [6.45, 7) is 3.35. The molecule has 0 saturated carbocycles. The number of fused-ring (bicyclic) bond motifs is 1. The molecule has 4 rings (SSSR count). The number of nitrogens with one attached hydrogen (secondary N) is 2. The van der Waals surface area contributed by atoms with Crippen molar-refractivity contribution in [3.63, 3.8) is 0 Å². The molecule has 0 amide bonds. The number of sulfonamides is 1. The van der Waals surface area contributed by atoms with Crippen LogP contribution in [-0.4, -0.2) is 52.0 Å². The van der Waals surface area contributed by atoms with Crippen molar-refractivity contribution in [1.29, 1.82) is 0 Å². The van der Waals surface area contributed by atoms with Crippen molar-refractivity contribution >= 4 is 40.0 Å². The minimum absolute atomic E-state index is 0. The van der Waals surface area contributed by atoms with E-state index in [9.17, 15) is 8.42 Å². The number of rotatable bonds is 7. The highest BCUT2D eigenvalue weighted by molar-refractivity contribution is 14.0. The lowest BCUT2D eigenvalue weighted by Gasteiger charge is -2.16. The molecule has 7 nitrogen and oxygen atoms in total. The molecule has 174 valence electrons. The van der Waals surface area contributed by atoms with Gasteiger partial charge < -0.3 is 15.4 Å². The van der Waals surface area contributed by atoms with Gasteiger partial charge in [-0.3, -0.25) is 4.99 Å². The van der Waals surface area contributed by atoms with Crippen molar-refractivity contribution in [2.24, 2.45) is 4.99 Å². The van der Waals surface area contributed by atoms with Gasteiger partial charge in [-0.25, -0.2) is 8.42 Å². The second-order valence-corrected chi connectivity index (χ2v) is 9.84. The van der Waals surface area contributed by atoms with Crippen molar-refractivity contribution in [3.05, 3.63) is 59.2 Å². The van der Waals surface area contributed by atoms with E-state index in [4.69, 9.17) is 4.74 Å². The maximum absolute atomic E-state index is 12.6. The van der Waals surface area contributed by atoms with Gasteiger partial charge in [-0.2, -0.15) is 4.31 Å². The largest absolute Gasteiger partial charge is 0.493 e. The van der Waals surface area contributed by atoms with Crippen LogP contribution in [0.3, 0.4) is 0 Å². The standard InChI is InChI=1S/C23H30N4O3S.HI/c1-24-23(25-12-10-18-6-9-22-20(16-18)11-15-30-22)26-17-19-4-7-21(8-5-19)31(28,29)27-13-2-3-14-27;/h4-9,16H,2-3,10-15,17H2,1H3,(H2,24,25,26);1H. The molecular formula is C23H31IN4O3S. The Morgan fingerprint density at radius 2 is 1.78 bits per heavy atom. The third kappa shape index (κ3) is 5.93.